The largest absolute Gasteiger partial charge is 0.462 e. The summed E-state index contributed by atoms with van der Waals surface area (Å²) in [7, 11) is 0. The second-order valence-electron chi connectivity index (χ2n) is 27.5. The van der Waals surface area contributed by atoms with Crippen LogP contribution in [0.3, 0.4) is 0 Å². The van der Waals surface area contributed by atoms with Gasteiger partial charge >= 0.3 is 11.9 Å². The average Bonchev–Trinajstić information content (AvgIpc) is 3.59. The molecule has 0 aromatic carbocycles. The summed E-state index contributed by atoms with van der Waals surface area (Å²) < 4.78 is 10.8. The number of carbonyl (C=O) groups excluding carboxylic acids is 2. The van der Waals surface area contributed by atoms with Gasteiger partial charge in [0.2, 0.25) is 0 Å². The fourth-order valence-electron chi connectivity index (χ4n) is 12.3. The van der Waals surface area contributed by atoms with E-state index in [0.717, 1.165) is 96.3 Å². The minimum Gasteiger partial charge on any atom is -0.462 e. The predicted molar refractivity (Wildman–Crippen MR) is 412 cm³/mol. The molecule has 93 heavy (non-hydrogen) atoms. The zero-order valence-electron chi connectivity index (χ0n) is 62.0. The summed E-state index contributed by atoms with van der Waals surface area (Å²) >= 11 is 0. The zero-order valence-corrected chi connectivity index (χ0v) is 62.0. The monoisotopic (exact) mass is 1290 g/mol. The Labute approximate surface area is 580 Å². The molecule has 5 heteroatoms. The summed E-state index contributed by atoms with van der Waals surface area (Å²) in [6, 6.07) is 0. The molecule has 0 heterocycles. The number of aliphatic hydroxyl groups excluding tert-OH is 1. The molecule has 0 saturated heterocycles. The van der Waals surface area contributed by atoms with Crippen LogP contribution in [0, 0.1) is 0 Å². The fraction of sp³-hybridized carbons (Fsp3) is 0.773. The molecule has 1 atom stereocenters. The maximum absolute atomic E-state index is 12.4. The summed E-state index contributed by atoms with van der Waals surface area (Å²) in [6.07, 6.45) is 120. The van der Waals surface area contributed by atoms with Gasteiger partial charge in [0.15, 0.2) is 6.10 Å². The van der Waals surface area contributed by atoms with Crippen LogP contribution in [0.5, 0.6) is 0 Å². The molecular weight excluding hydrogens is 1140 g/mol. The van der Waals surface area contributed by atoms with Crippen LogP contribution < -0.4 is 0 Å². The standard InChI is InChI=1S/C88H156O5/c1-3-5-7-9-11-13-15-17-19-21-23-25-27-29-31-33-35-37-39-41-43-44-45-47-49-51-53-55-57-59-61-63-65-67-69-71-73-75-77-79-81-83-88(91)93-86(84-89)85-92-87(90)82-80-78-76-74-72-70-68-66-64-62-60-58-56-54-52-50-48-46-42-40-38-36-34-32-30-28-26-24-22-20-18-16-14-12-10-8-6-4-2/h5,7,11,13,17,19,23,25,29,31,35,37,41,43,45,47,51,53,86,89H,3-4,6,8-10,12,14-16,18,20-22,24,26-28,30,32-34,36,38-40,42,44,46,48-50,52,54-85H2,1-2H3/b7-5-,13-11-,19-17-,25-23-,31-29-,37-35-,43-41-,47-45-,53-51-. The summed E-state index contributed by atoms with van der Waals surface area (Å²) in [4.78, 5) is 24.7. The predicted octanol–water partition coefficient (Wildman–Crippen LogP) is 29.1. The van der Waals surface area contributed by atoms with Gasteiger partial charge in [-0.25, -0.2) is 0 Å². The number of carbonyl (C=O) groups is 2. The van der Waals surface area contributed by atoms with Crippen molar-refractivity contribution in [1.82, 2.24) is 0 Å². The van der Waals surface area contributed by atoms with E-state index in [2.05, 4.69) is 123 Å². The van der Waals surface area contributed by atoms with Gasteiger partial charge in [0.05, 0.1) is 6.61 Å². The van der Waals surface area contributed by atoms with E-state index in [4.69, 9.17) is 9.47 Å². The first-order valence-electron chi connectivity index (χ1n) is 40.9. The van der Waals surface area contributed by atoms with Gasteiger partial charge < -0.3 is 14.6 Å². The lowest BCUT2D eigenvalue weighted by molar-refractivity contribution is -0.161. The second kappa shape index (κ2) is 82.8. The van der Waals surface area contributed by atoms with Crippen molar-refractivity contribution < 1.29 is 24.2 Å². The number of hydrogen-bond acceptors (Lipinski definition) is 5. The molecule has 1 N–H and O–H groups in total. The topological polar surface area (TPSA) is 72.8 Å². The number of allylic oxidation sites excluding steroid dienone is 18. The lowest BCUT2D eigenvalue weighted by Gasteiger charge is -2.15. The molecule has 1 unspecified atom stereocenters. The van der Waals surface area contributed by atoms with Crippen LogP contribution in [0.4, 0.5) is 0 Å². The number of rotatable bonds is 76. The van der Waals surface area contributed by atoms with Gasteiger partial charge in [-0.15, -0.1) is 0 Å². The van der Waals surface area contributed by atoms with Crippen molar-refractivity contribution in [3.8, 4) is 0 Å². The van der Waals surface area contributed by atoms with E-state index in [1.54, 1.807) is 0 Å². The normalized spacial score (nSPS) is 12.8. The summed E-state index contributed by atoms with van der Waals surface area (Å²) in [5.41, 5.74) is 0. The van der Waals surface area contributed by atoms with Crippen LogP contribution >= 0.6 is 0 Å². The van der Waals surface area contributed by atoms with Gasteiger partial charge in [0.25, 0.3) is 0 Å². The lowest BCUT2D eigenvalue weighted by Crippen LogP contribution is -2.28. The van der Waals surface area contributed by atoms with E-state index < -0.39 is 6.10 Å². The lowest BCUT2D eigenvalue weighted by atomic mass is 10.0. The molecular formula is C88H156O5. The Hall–Kier alpha value is -3.44. The molecule has 0 rings (SSSR count). The molecule has 0 spiro atoms. The molecule has 0 saturated carbocycles. The minimum atomic E-state index is -0.778. The quantitative estimate of drug-likeness (QED) is 0.0373. The molecule has 5 nitrogen and oxygen atoms in total. The van der Waals surface area contributed by atoms with E-state index in [0.29, 0.717) is 12.8 Å². The SMILES string of the molecule is CC/C=C\C/C=C\C/C=C\C/C=C\C/C=C\C/C=C\C/C=C\C/C=C\C/C=C\CCCCCCCCCCCCCCCC(=O)OC(CO)COC(=O)CCCCCCCCCCCCCCCCCCCCCCCCCCCCCCCCCCCCCCCC. The highest BCUT2D eigenvalue weighted by molar-refractivity contribution is 5.70. The Morgan fingerprint density at radius 3 is 0.699 bits per heavy atom. The highest BCUT2D eigenvalue weighted by Gasteiger charge is 2.16. The third kappa shape index (κ3) is 80.9. The van der Waals surface area contributed by atoms with Crippen LogP contribution in [0.15, 0.2) is 109 Å². The van der Waals surface area contributed by atoms with Crippen molar-refractivity contribution in [1.29, 1.82) is 0 Å². The Morgan fingerprint density at radius 1 is 0.258 bits per heavy atom. The van der Waals surface area contributed by atoms with Gasteiger partial charge in [-0.1, -0.05) is 431 Å². The van der Waals surface area contributed by atoms with Crippen LogP contribution in [-0.2, 0) is 19.1 Å². The summed E-state index contributed by atoms with van der Waals surface area (Å²) in [6.45, 7) is 4.08. The van der Waals surface area contributed by atoms with Gasteiger partial charge in [0.1, 0.15) is 6.61 Å². The molecule has 0 radical (unpaired) electrons. The second-order valence-corrected chi connectivity index (χ2v) is 27.5. The molecule has 0 aliphatic rings. The maximum atomic E-state index is 12.4. The number of aliphatic hydroxyl groups is 1. The van der Waals surface area contributed by atoms with Crippen molar-refractivity contribution >= 4 is 11.9 Å². The van der Waals surface area contributed by atoms with E-state index in [9.17, 15) is 14.7 Å². The Kier molecular flexibility index (Phi) is 79.7. The highest BCUT2D eigenvalue weighted by Crippen LogP contribution is 2.20. The number of unbranched alkanes of at least 4 members (excludes halogenated alkanes) is 50. The van der Waals surface area contributed by atoms with E-state index in [1.165, 1.54) is 295 Å². The van der Waals surface area contributed by atoms with Crippen LogP contribution in [0.2, 0.25) is 0 Å². The third-order valence-electron chi connectivity index (χ3n) is 18.3. The number of hydrogen-bond donors (Lipinski definition) is 1. The van der Waals surface area contributed by atoms with Crippen molar-refractivity contribution in [3.05, 3.63) is 109 Å². The number of ether oxygens (including phenoxy) is 2. The first kappa shape index (κ1) is 89.6. The van der Waals surface area contributed by atoms with Gasteiger partial charge in [-0.2, -0.15) is 0 Å². The molecule has 0 fully saturated rings. The van der Waals surface area contributed by atoms with Crippen LogP contribution in [0.1, 0.15) is 418 Å². The molecule has 0 aliphatic carbocycles. The summed E-state index contributed by atoms with van der Waals surface area (Å²) in [5, 5.41) is 9.73. The molecule has 0 amide bonds. The van der Waals surface area contributed by atoms with Crippen molar-refractivity contribution in [2.24, 2.45) is 0 Å². The van der Waals surface area contributed by atoms with Crippen molar-refractivity contribution in [2.45, 2.75) is 424 Å². The first-order chi connectivity index (χ1) is 46.1. The van der Waals surface area contributed by atoms with Gasteiger partial charge in [-0.05, 0) is 83.5 Å². The van der Waals surface area contributed by atoms with Gasteiger partial charge in [0, 0.05) is 12.8 Å². The maximum Gasteiger partial charge on any atom is 0.306 e. The van der Waals surface area contributed by atoms with Crippen LogP contribution in [0.25, 0.3) is 0 Å². The smallest absolute Gasteiger partial charge is 0.306 e. The number of esters is 2. The van der Waals surface area contributed by atoms with E-state index >= 15 is 0 Å². The van der Waals surface area contributed by atoms with Gasteiger partial charge in [-0.3, -0.25) is 9.59 Å². The van der Waals surface area contributed by atoms with E-state index in [-0.39, 0.29) is 25.2 Å². The fourth-order valence-corrected chi connectivity index (χ4v) is 12.3. The first-order valence-corrected chi connectivity index (χ1v) is 40.9. The zero-order chi connectivity index (χ0) is 66.8. The highest BCUT2D eigenvalue weighted by atomic mass is 16.6. The van der Waals surface area contributed by atoms with Crippen LogP contribution in [-0.4, -0.2) is 36.4 Å². The third-order valence-corrected chi connectivity index (χ3v) is 18.3. The van der Waals surface area contributed by atoms with Crippen molar-refractivity contribution in [3.63, 3.8) is 0 Å². The molecule has 0 aromatic rings. The molecule has 0 bridgehead atoms. The molecule has 538 valence electrons. The minimum absolute atomic E-state index is 0.0653. The summed E-state index contributed by atoms with van der Waals surface area (Å²) in [5.74, 6) is -0.576. The molecule has 0 aromatic heterocycles. The van der Waals surface area contributed by atoms with Crippen molar-refractivity contribution in [2.75, 3.05) is 13.2 Å². The Morgan fingerprint density at radius 2 is 0.462 bits per heavy atom. The van der Waals surface area contributed by atoms with E-state index in [1.807, 2.05) is 0 Å². The molecule has 0 aliphatic heterocycles. The average molecular weight is 1290 g/mol. The Balaban J connectivity index is 3.44. The Bertz CT molecular complexity index is 1760.